The highest BCUT2D eigenvalue weighted by Crippen LogP contribution is 2.34. The summed E-state index contributed by atoms with van der Waals surface area (Å²) >= 11 is 0. The molecule has 4 nitrogen and oxygen atoms in total. The van der Waals surface area contributed by atoms with Gasteiger partial charge in [-0.05, 0) is 37.3 Å². The van der Waals surface area contributed by atoms with Gasteiger partial charge in [-0.25, -0.2) is 12.8 Å². The van der Waals surface area contributed by atoms with Gasteiger partial charge in [0, 0.05) is 17.5 Å². The summed E-state index contributed by atoms with van der Waals surface area (Å²) in [6.07, 6.45) is -0.385. The van der Waals surface area contributed by atoms with E-state index < -0.39 is 26.7 Å². The van der Waals surface area contributed by atoms with Crippen LogP contribution in [0.3, 0.4) is 0 Å². The molecule has 0 aliphatic heterocycles. The predicted molar refractivity (Wildman–Crippen MR) is 109 cm³/mol. The molecule has 0 bridgehead atoms. The van der Waals surface area contributed by atoms with Crippen LogP contribution in [0.15, 0.2) is 77.7 Å². The first-order chi connectivity index (χ1) is 13.8. The van der Waals surface area contributed by atoms with Crippen LogP contribution < -0.4 is 4.74 Å². The molecule has 0 fully saturated rings. The Morgan fingerprint density at radius 2 is 1.69 bits per heavy atom. The molecule has 0 aliphatic rings. The topological polar surface area (TPSA) is 60.4 Å². The van der Waals surface area contributed by atoms with Crippen LogP contribution in [-0.4, -0.2) is 21.3 Å². The number of rotatable bonds is 7. The lowest BCUT2D eigenvalue weighted by atomic mass is 10.0. The highest BCUT2D eigenvalue weighted by Gasteiger charge is 2.33. The molecule has 0 aromatic heterocycles. The number of methoxy groups -OCH3 is 1. The number of hydrogen-bond acceptors (Lipinski definition) is 4. The molecule has 0 spiro atoms. The van der Waals surface area contributed by atoms with Gasteiger partial charge in [0.2, 0.25) is 0 Å². The Labute approximate surface area is 169 Å². The first kappa shape index (κ1) is 20.7. The summed E-state index contributed by atoms with van der Waals surface area (Å²) in [5.74, 6) is -0.584. The highest BCUT2D eigenvalue weighted by atomic mass is 32.2. The number of ether oxygens (including phenoxy) is 1. The van der Waals surface area contributed by atoms with Gasteiger partial charge in [0.25, 0.3) is 0 Å². The second-order valence-corrected chi connectivity index (χ2v) is 8.86. The number of aryl methyl sites for hydroxylation is 1. The molecule has 1 atom stereocenters. The van der Waals surface area contributed by atoms with Crippen molar-refractivity contribution in [3.05, 3.63) is 95.3 Å². The summed E-state index contributed by atoms with van der Waals surface area (Å²) in [5.41, 5.74) is 1.19. The maximum Gasteiger partial charge on any atom is 0.185 e. The highest BCUT2D eigenvalue weighted by molar-refractivity contribution is 7.91. The Hall–Kier alpha value is -2.99. The number of benzene rings is 3. The average Bonchev–Trinajstić information content (AvgIpc) is 2.72. The number of carbonyl (C=O) groups is 1. The molecule has 0 N–H and O–H groups in total. The van der Waals surface area contributed by atoms with Crippen molar-refractivity contribution in [2.24, 2.45) is 0 Å². The molecule has 0 amide bonds. The Kier molecular flexibility index (Phi) is 6.13. The van der Waals surface area contributed by atoms with Crippen LogP contribution in [0.5, 0.6) is 5.75 Å². The van der Waals surface area contributed by atoms with Gasteiger partial charge in [-0.2, -0.15) is 0 Å². The summed E-state index contributed by atoms with van der Waals surface area (Å²) in [6.45, 7) is 1.84. The number of sulfone groups is 1. The third-order valence-corrected chi connectivity index (χ3v) is 6.84. The standard InChI is InChI=1S/C23H21FO4S/c1-16-10-12-19(13-11-16)29(26,27)23(20-8-3-4-9-21(20)24)15-22(25)17-6-5-7-18(14-17)28-2/h3-14,23H,15H2,1-2H3/t23-/m0/s1. The van der Waals surface area contributed by atoms with Crippen LogP contribution in [0.25, 0.3) is 0 Å². The van der Waals surface area contributed by atoms with Crippen LogP contribution in [0.1, 0.15) is 33.2 Å². The molecule has 3 aromatic carbocycles. The van der Waals surface area contributed by atoms with E-state index in [0.29, 0.717) is 11.3 Å². The summed E-state index contributed by atoms with van der Waals surface area (Å²) in [5, 5.41) is -1.34. The van der Waals surface area contributed by atoms with Crippen molar-refractivity contribution in [1.82, 2.24) is 0 Å². The lowest BCUT2D eigenvalue weighted by molar-refractivity contribution is 0.0980. The van der Waals surface area contributed by atoms with Crippen molar-refractivity contribution < 1.29 is 22.3 Å². The van der Waals surface area contributed by atoms with Crippen molar-refractivity contribution in [3.8, 4) is 5.75 Å². The Morgan fingerprint density at radius 3 is 2.34 bits per heavy atom. The summed E-state index contributed by atoms with van der Waals surface area (Å²) in [7, 11) is -2.52. The molecule has 29 heavy (non-hydrogen) atoms. The van der Waals surface area contributed by atoms with E-state index >= 15 is 0 Å². The van der Waals surface area contributed by atoms with Crippen LogP contribution in [0.4, 0.5) is 4.39 Å². The fourth-order valence-electron chi connectivity index (χ4n) is 3.10. The third-order valence-electron chi connectivity index (χ3n) is 4.74. The third kappa shape index (κ3) is 4.54. The Morgan fingerprint density at radius 1 is 1.00 bits per heavy atom. The second kappa shape index (κ2) is 8.57. The van der Waals surface area contributed by atoms with E-state index in [1.807, 2.05) is 6.92 Å². The largest absolute Gasteiger partial charge is 0.497 e. The van der Waals surface area contributed by atoms with Crippen LogP contribution in [-0.2, 0) is 9.84 Å². The normalized spacial score (nSPS) is 12.4. The summed E-state index contributed by atoms with van der Waals surface area (Å²) < 4.78 is 46.3. The fraction of sp³-hybridized carbons (Fsp3) is 0.174. The van der Waals surface area contributed by atoms with Crippen molar-refractivity contribution in [1.29, 1.82) is 0 Å². The van der Waals surface area contributed by atoms with E-state index in [2.05, 4.69) is 0 Å². The number of ketones is 1. The minimum atomic E-state index is -4.00. The molecule has 0 heterocycles. The number of halogens is 1. The molecule has 0 saturated heterocycles. The molecular weight excluding hydrogens is 391 g/mol. The van der Waals surface area contributed by atoms with Gasteiger partial charge in [-0.15, -0.1) is 0 Å². The van der Waals surface area contributed by atoms with E-state index in [0.717, 1.165) is 5.56 Å². The van der Waals surface area contributed by atoms with Gasteiger partial charge in [-0.3, -0.25) is 4.79 Å². The minimum absolute atomic E-state index is 0.0238. The van der Waals surface area contributed by atoms with E-state index in [9.17, 15) is 17.6 Å². The molecule has 0 radical (unpaired) electrons. The average molecular weight is 412 g/mol. The van der Waals surface area contributed by atoms with Gasteiger partial charge < -0.3 is 4.74 Å². The number of hydrogen-bond donors (Lipinski definition) is 0. The quantitative estimate of drug-likeness (QED) is 0.516. The maximum absolute atomic E-state index is 14.5. The van der Waals surface area contributed by atoms with E-state index in [1.54, 1.807) is 42.5 Å². The fourth-order valence-corrected chi connectivity index (χ4v) is 4.84. The smallest absolute Gasteiger partial charge is 0.185 e. The number of carbonyl (C=O) groups excluding carboxylic acids is 1. The van der Waals surface area contributed by atoms with Gasteiger partial charge in [0.05, 0.1) is 12.0 Å². The van der Waals surface area contributed by atoms with E-state index in [1.165, 1.54) is 37.4 Å². The van der Waals surface area contributed by atoms with Crippen LogP contribution in [0.2, 0.25) is 0 Å². The van der Waals surface area contributed by atoms with Crippen molar-refractivity contribution >= 4 is 15.6 Å². The van der Waals surface area contributed by atoms with Crippen molar-refractivity contribution in [2.75, 3.05) is 7.11 Å². The monoisotopic (exact) mass is 412 g/mol. The molecule has 0 unspecified atom stereocenters. The second-order valence-electron chi connectivity index (χ2n) is 6.73. The number of Topliss-reactive ketones (excluding diaryl/α,β-unsaturated/α-hetero) is 1. The molecule has 0 saturated carbocycles. The lowest BCUT2D eigenvalue weighted by Crippen LogP contribution is -2.19. The van der Waals surface area contributed by atoms with Crippen molar-refractivity contribution in [2.45, 2.75) is 23.5 Å². The molecule has 3 aromatic rings. The zero-order valence-electron chi connectivity index (χ0n) is 16.1. The maximum atomic E-state index is 14.5. The zero-order valence-corrected chi connectivity index (χ0v) is 16.9. The first-order valence-electron chi connectivity index (χ1n) is 9.05. The van der Waals surface area contributed by atoms with E-state index in [4.69, 9.17) is 4.74 Å². The molecule has 150 valence electrons. The Bertz CT molecular complexity index is 1120. The summed E-state index contributed by atoms with van der Waals surface area (Å²) in [6, 6.07) is 18.4. The van der Waals surface area contributed by atoms with Gasteiger partial charge >= 0.3 is 0 Å². The van der Waals surface area contributed by atoms with Crippen molar-refractivity contribution in [3.63, 3.8) is 0 Å². The first-order valence-corrected chi connectivity index (χ1v) is 10.6. The lowest BCUT2D eigenvalue weighted by Gasteiger charge is -2.19. The summed E-state index contributed by atoms with van der Waals surface area (Å²) in [4.78, 5) is 12.9. The molecular formula is C23H21FO4S. The Balaban J connectivity index is 2.05. The van der Waals surface area contributed by atoms with Gasteiger partial charge in [0.1, 0.15) is 16.8 Å². The predicted octanol–water partition coefficient (Wildman–Crippen LogP) is 4.93. The minimum Gasteiger partial charge on any atom is -0.497 e. The van der Waals surface area contributed by atoms with Crippen LogP contribution >= 0.6 is 0 Å². The zero-order chi connectivity index (χ0) is 21.0. The van der Waals surface area contributed by atoms with E-state index in [-0.39, 0.29) is 16.9 Å². The molecule has 3 rings (SSSR count). The van der Waals surface area contributed by atoms with Gasteiger partial charge in [0.15, 0.2) is 15.6 Å². The molecule has 6 heteroatoms. The van der Waals surface area contributed by atoms with Crippen LogP contribution in [0, 0.1) is 12.7 Å². The SMILES string of the molecule is COc1cccc(C(=O)C[C@@H](c2ccccc2F)S(=O)(=O)c2ccc(C)cc2)c1. The van der Waals surface area contributed by atoms with Gasteiger partial charge in [-0.1, -0.05) is 48.0 Å². The molecule has 0 aliphatic carbocycles.